The molecule has 9 nitrogen and oxygen atoms in total. The van der Waals surface area contributed by atoms with Crippen molar-refractivity contribution in [1.82, 2.24) is 25.0 Å². The zero-order chi connectivity index (χ0) is 23.3. The molecule has 11 heteroatoms. The Bertz CT molecular complexity index is 1270. The monoisotopic (exact) mass is 455 g/mol. The van der Waals surface area contributed by atoms with Crippen LogP contribution in [-0.2, 0) is 11.3 Å². The number of amides is 2. The van der Waals surface area contributed by atoms with Gasteiger partial charge in [0.15, 0.2) is 0 Å². The van der Waals surface area contributed by atoms with Gasteiger partial charge in [-0.2, -0.15) is 8.78 Å². The predicted octanol–water partition coefficient (Wildman–Crippen LogP) is 1.90. The number of rotatable bonds is 4. The maximum absolute atomic E-state index is 14.5. The maximum atomic E-state index is 14.5. The molecule has 0 spiro atoms. The van der Waals surface area contributed by atoms with Crippen molar-refractivity contribution < 1.29 is 18.4 Å². The summed E-state index contributed by atoms with van der Waals surface area (Å²) in [5, 5.41) is 9.58. The lowest BCUT2D eigenvalue weighted by atomic mass is 10.1. The van der Waals surface area contributed by atoms with Gasteiger partial charge in [0.25, 0.3) is 5.91 Å². The van der Waals surface area contributed by atoms with E-state index in [0.29, 0.717) is 55.0 Å². The maximum Gasteiger partial charge on any atom is 0.269 e. The third-order valence-electron chi connectivity index (χ3n) is 6.23. The van der Waals surface area contributed by atoms with Gasteiger partial charge in [-0.15, -0.1) is 5.10 Å². The summed E-state index contributed by atoms with van der Waals surface area (Å²) in [5.74, 6) is -1.93. The van der Waals surface area contributed by atoms with E-state index >= 15 is 0 Å². The third kappa shape index (κ3) is 3.67. The summed E-state index contributed by atoms with van der Waals surface area (Å²) < 4.78 is 30.4. The molecule has 172 valence electrons. The number of hydrogen-bond acceptors (Lipinski definition) is 6. The first-order valence-corrected chi connectivity index (χ1v) is 10.7. The van der Waals surface area contributed by atoms with E-state index in [4.69, 9.17) is 0 Å². The van der Waals surface area contributed by atoms with E-state index in [1.54, 1.807) is 19.1 Å². The molecule has 2 N–H and O–H groups in total. The number of anilines is 2. The SMILES string of the molecule is CNC(=O)c1ccc(N2CCN(Cc3cc4c5c(c3)c(F)nn5[C@@H](C)C(=O)N4)CC2)c(F)n1. The Balaban J connectivity index is 1.30. The topological polar surface area (TPSA) is 95.4 Å². The predicted molar refractivity (Wildman–Crippen MR) is 118 cm³/mol. The fourth-order valence-corrected chi connectivity index (χ4v) is 4.43. The van der Waals surface area contributed by atoms with Crippen LogP contribution >= 0.6 is 0 Å². The van der Waals surface area contributed by atoms with Gasteiger partial charge >= 0.3 is 0 Å². The molecule has 0 aliphatic carbocycles. The van der Waals surface area contributed by atoms with Crippen LogP contribution in [0.5, 0.6) is 0 Å². The average Bonchev–Trinajstić information content (AvgIpc) is 3.14. The van der Waals surface area contributed by atoms with Crippen LogP contribution in [0.4, 0.5) is 20.2 Å². The fraction of sp³-hybridized carbons (Fsp3) is 0.364. The normalized spacial score (nSPS) is 18.5. The number of aromatic nitrogens is 3. The molecule has 5 rings (SSSR count). The standard InChI is InChI=1S/C22H23F2N7O2/c1-12-21(32)27-16-10-13(9-14-18(16)31(12)28-19(14)23)11-29-5-7-30(8-6-29)17-4-3-15(22(33)25-2)26-20(17)24/h3-4,9-10,12H,5-8,11H2,1-2H3,(H,25,33)(H,27,32)/t12-/m0/s1. The van der Waals surface area contributed by atoms with Crippen molar-refractivity contribution >= 4 is 34.1 Å². The van der Waals surface area contributed by atoms with Gasteiger partial charge in [0.1, 0.15) is 11.7 Å². The molecule has 4 heterocycles. The largest absolute Gasteiger partial charge is 0.365 e. The Morgan fingerprint density at radius 1 is 1.18 bits per heavy atom. The van der Waals surface area contributed by atoms with Crippen molar-refractivity contribution in [2.45, 2.75) is 19.5 Å². The molecule has 1 aromatic carbocycles. The minimum Gasteiger partial charge on any atom is -0.365 e. The van der Waals surface area contributed by atoms with Gasteiger partial charge in [-0.1, -0.05) is 0 Å². The van der Waals surface area contributed by atoms with E-state index in [0.717, 1.165) is 5.56 Å². The van der Waals surface area contributed by atoms with E-state index in [9.17, 15) is 18.4 Å². The summed E-state index contributed by atoms with van der Waals surface area (Å²) in [6, 6.07) is 6.15. The van der Waals surface area contributed by atoms with Crippen LogP contribution in [0.2, 0.25) is 0 Å². The Morgan fingerprint density at radius 2 is 1.94 bits per heavy atom. The molecule has 2 amide bonds. The summed E-state index contributed by atoms with van der Waals surface area (Å²) in [6.07, 6.45) is 0. The molecule has 1 fully saturated rings. The van der Waals surface area contributed by atoms with Crippen LogP contribution in [0.1, 0.15) is 29.0 Å². The van der Waals surface area contributed by atoms with Crippen molar-refractivity contribution in [3.63, 3.8) is 0 Å². The second-order valence-electron chi connectivity index (χ2n) is 8.29. The molecule has 0 radical (unpaired) electrons. The molecule has 2 aromatic heterocycles. The molecule has 1 atom stereocenters. The molecule has 0 unspecified atom stereocenters. The van der Waals surface area contributed by atoms with Crippen LogP contribution in [0.25, 0.3) is 10.9 Å². The van der Waals surface area contributed by atoms with E-state index in [1.165, 1.54) is 17.8 Å². The number of halogens is 2. The summed E-state index contributed by atoms with van der Waals surface area (Å²) in [7, 11) is 1.47. The number of benzene rings is 1. The second-order valence-corrected chi connectivity index (χ2v) is 8.29. The molecule has 1 saturated heterocycles. The van der Waals surface area contributed by atoms with Gasteiger partial charge in [-0.3, -0.25) is 14.5 Å². The van der Waals surface area contributed by atoms with Crippen molar-refractivity contribution in [2.24, 2.45) is 0 Å². The molecule has 2 aliphatic rings. The molecular weight excluding hydrogens is 432 g/mol. The Kier molecular flexibility index (Phi) is 5.20. The zero-order valence-electron chi connectivity index (χ0n) is 18.2. The van der Waals surface area contributed by atoms with Crippen LogP contribution in [0, 0.1) is 11.9 Å². The quantitative estimate of drug-likeness (QED) is 0.584. The molecule has 2 aliphatic heterocycles. The van der Waals surface area contributed by atoms with Crippen LogP contribution in [0.15, 0.2) is 24.3 Å². The highest BCUT2D eigenvalue weighted by molar-refractivity contribution is 6.06. The van der Waals surface area contributed by atoms with Gasteiger partial charge in [-0.25, -0.2) is 9.67 Å². The van der Waals surface area contributed by atoms with E-state index < -0.39 is 23.8 Å². The summed E-state index contributed by atoms with van der Waals surface area (Å²) >= 11 is 0. The summed E-state index contributed by atoms with van der Waals surface area (Å²) in [5.41, 5.74) is 2.41. The van der Waals surface area contributed by atoms with E-state index in [1.807, 2.05) is 11.0 Å². The number of carbonyl (C=O) groups excluding carboxylic acids is 2. The lowest BCUT2D eigenvalue weighted by Crippen LogP contribution is -2.46. The van der Waals surface area contributed by atoms with E-state index in [-0.39, 0.29) is 11.6 Å². The molecule has 33 heavy (non-hydrogen) atoms. The summed E-state index contributed by atoms with van der Waals surface area (Å²) in [6.45, 7) is 4.72. The first-order chi connectivity index (χ1) is 15.9. The van der Waals surface area contributed by atoms with Crippen LogP contribution < -0.4 is 15.5 Å². The van der Waals surface area contributed by atoms with Crippen molar-refractivity contribution in [1.29, 1.82) is 0 Å². The number of piperazine rings is 1. The van der Waals surface area contributed by atoms with Crippen molar-refractivity contribution in [3.8, 4) is 0 Å². The van der Waals surface area contributed by atoms with Crippen LogP contribution in [0.3, 0.4) is 0 Å². The number of carbonyl (C=O) groups is 2. The highest BCUT2D eigenvalue weighted by atomic mass is 19.1. The first kappa shape index (κ1) is 21.3. The Morgan fingerprint density at radius 3 is 2.64 bits per heavy atom. The Hall–Kier alpha value is -3.60. The number of pyridine rings is 1. The summed E-state index contributed by atoms with van der Waals surface area (Å²) in [4.78, 5) is 31.7. The smallest absolute Gasteiger partial charge is 0.269 e. The lowest BCUT2D eigenvalue weighted by molar-refractivity contribution is -0.119. The highest BCUT2D eigenvalue weighted by Gasteiger charge is 2.29. The lowest BCUT2D eigenvalue weighted by Gasteiger charge is -2.36. The van der Waals surface area contributed by atoms with Gasteiger partial charge in [0.05, 0.1) is 22.3 Å². The molecule has 0 bridgehead atoms. The van der Waals surface area contributed by atoms with Gasteiger partial charge < -0.3 is 15.5 Å². The second kappa shape index (κ2) is 8.07. The van der Waals surface area contributed by atoms with Crippen LogP contribution in [-0.4, -0.2) is 64.7 Å². The van der Waals surface area contributed by atoms with Gasteiger partial charge in [-0.05, 0) is 36.8 Å². The molecule has 3 aromatic rings. The van der Waals surface area contributed by atoms with Gasteiger partial charge in [0.2, 0.25) is 17.8 Å². The van der Waals surface area contributed by atoms with Crippen molar-refractivity contribution in [3.05, 3.63) is 47.4 Å². The van der Waals surface area contributed by atoms with Crippen molar-refractivity contribution in [2.75, 3.05) is 43.4 Å². The molecule has 0 saturated carbocycles. The third-order valence-corrected chi connectivity index (χ3v) is 6.23. The van der Waals surface area contributed by atoms with E-state index in [2.05, 4.69) is 25.6 Å². The zero-order valence-corrected chi connectivity index (χ0v) is 18.2. The Labute approximate surface area is 188 Å². The average molecular weight is 455 g/mol. The minimum atomic E-state index is -0.674. The molecular formula is C22H23F2N7O2. The first-order valence-electron chi connectivity index (χ1n) is 10.7. The minimum absolute atomic E-state index is 0.0359. The van der Waals surface area contributed by atoms with Gasteiger partial charge in [0, 0.05) is 39.8 Å². The number of hydrogen-bond donors (Lipinski definition) is 2. The highest BCUT2D eigenvalue weighted by Crippen LogP contribution is 2.34. The number of nitrogens with zero attached hydrogens (tertiary/aromatic N) is 5. The fourth-order valence-electron chi connectivity index (χ4n) is 4.43. The number of nitrogens with one attached hydrogen (secondary N) is 2.